The first-order chi connectivity index (χ1) is 10.1. The minimum absolute atomic E-state index is 0.0990. The second-order valence-electron chi connectivity index (χ2n) is 4.50. The minimum Gasteiger partial charge on any atom is -0.494 e. The van der Waals surface area contributed by atoms with E-state index < -0.39 is 11.8 Å². The largest absolute Gasteiger partial charge is 0.494 e. The molecule has 6 heteroatoms. The molecule has 0 bridgehead atoms. The van der Waals surface area contributed by atoms with Crippen LogP contribution >= 0.6 is 0 Å². The van der Waals surface area contributed by atoms with Crippen LogP contribution < -0.4 is 10.1 Å². The van der Waals surface area contributed by atoms with Crippen LogP contribution in [-0.2, 0) is 14.4 Å². The standard InChI is InChI=1S/C15H16N2O4/c1-2-21-12-6-3-11(4-7-12)5-8-15(20)17-9-13(18)16-14(19)10-17/h3-8H,2,9-10H2,1H3,(H,16,18,19). The molecule has 0 aromatic heterocycles. The van der Waals surface area contributed by atoms with Crippen molar-refractivity contribution in [2.24, 2.45) is 0 Å². The maximum absolute atomic E-state index is 11.9. The molecule has 0 spiro atoms. The molecule has 1 aliphatic rings. The first-order valence-corrected chi connectivity index (χ1v) is 6.61. The Labute approximate surface area is 122 Å². The molecule has 6 nitrogen and oxygen atoms in total. The Kier molecular flexibility index (Phi) is 4.71. The van der Waals surface area contributed by atoms with E-state index in [0.29, 0.717) is 6.61 Å². The zero-order valence-electron chi connectivity index (χ0n) is 11.7. The fraction of sp³-hybridized carbons (Fsp3) is 0.267. The molecule has 0 unspecified atom stereocenters. The number of rotatable bonds is 4. The summed E-state index contributed by atoms with van der Waals surface area (Å²) in [5.41, 5.74) is 0.833. The molecule has 0 aliphatic carbocycles. The number of nitrogens with one attached hydrogen (secondary N) is 1. The summed E-state index contributed by atoms with van der Waals surface area (Å²) < 4.78 is 5.32. The van der Waals surface area contributed by atoms with Gasteiger partial charge in [0, 0.05) is 6.08 Å². The van der Waals surface area contributed by atoms with Crippen LogP contribution in [0.5, 0.6) is 5.75 Å². The maximum Gasteiger partial charge on any atom is 0.247 e. The first-order valence-electron chi connectivity index (χ1n) is 6.61. The summed E-state index contributed by atoms with van der Waals surface area (Å²) >= 11 is 0. The quantitative estimate of drug-likeness (QED) is 0.649. The van der Waals surface area contributed by atoms with Crippen LogP contribution in [0.3, 0.4) is 0 Å². The summed E-state index contributed by atoms with van der Waals surface area (Å²) in [5, 5.41) is 2.15. The predicted octanol–water partition coefficient (Wildman–Crippen LogP) is 0.583. The number of imide groups is 1. The lowest BCUT2D eigenvalue weighted by Gasteiger charge is -2.24. The van der Waals surface area contributed by atoms with Crippen LogP contribution in [0, 0.1) is 0 Å². The molecule has 21 heavy (non-hydrogen) atoms. The Bertz CT molecular complexity index is 562. The average Bonchev–Trinajstić information content (AvgIpc) is 2.45. The van der Waals surface area contributed by atoms with Gasteiger partial charge in [-0.15, -0.1) is 0 Å². The van der Waals surface area contributed by atoms with Crippen LogP contribution in [0.25, 0.3) is 6.08 Å². The Morgan fingerprint density at radius 2 is 1.86 bits per heavy atom. The molecule has 1 heterocycles. The number of ether oxygens (including phenoxy) is 1. The lowest BCUT2D eigenvalue weighted by Crippen LogP contribution is -2.52. The highest BCUT2D eigenvalue weighted by atomic mass is 16.5. The van der Waals surface area contributed by atoms with E-state index in [9.17, 15) is 14.4 Å². The smallest absolute Gasteiger partial charge is 0.247 e. The topological polar surface area (TPSA) is 75.7 Å². The molecule has 1 saturated heterocycles. The van der Waals surface area contributed by atoms with Crippen LogP contribution in [0.1, 0.15) is 12.5 Å². The fourth-order valence-corrected chi connectivity index (χ4v) is 1.91. The molecule has 1 fully saturated rings. The number of benzene rings is 1. The van der Waals surface area contributed by atoms with E-state index in [-0.39, 0.29) is 19.0 Å². The van der Waals surface area contributed by atoms with E-state index in [1.165, 1.54) is 11.0 Å². The third kappa shape index (κ3) is 4.17. The number of amides is 3. The van der Waals surface area contributed by atoms with Gasteiger partial charge in [-0.25, -0.2) is 0 Å². The normalized spacial score (nSPS) is 15.2. The van der Waals surface area contributed by atoms with Crippen molar-refractivity contribution in [3.05, 3.63) is 35.9 Å². The summed E-state index contributed by atoms with van der Waals surface area (Å²) in [6.45, 7) is 2.30. The summed E-state index contributed by atoms with van der Waals surface area (Å²) in [6, 6.07) is 7.27. The van der Waals surface area contributed by atoms with E-state index in [1.54, 1.807) is 6.08 Å². The first kappa shape index (κ1) is 14.8. The zero-order valence-corrected chi connectivity index (χ0v) is 11.7. The van der Waals surface area contributed by atoms with E-state index in [4.69, 9.17) is 4.74 Å². The van der Waals surface area contributed by atoms with Gasteiger partial charge in [-0.3, -0.25) is 19.7 Å². The number of carbonyl (C=O) groups is 3. The maximum atomic E-state index is 11.9. The number of hydrogen-bond acceptors (Lipinski definition) is 4. The lowest BCUT2D eigenvalue weighted by molar-refractivity contribution is -0.143. The van der Waals surface area contributed by atoms with Crippen molar-refractivity contribution in [1.29, 1.82) is 0 Å². The van der Waals surface area contributed by atoms with Crippen molar-refractivity contribution in [3.63, 3.8) is 0 Å². The highest BCUT2D eigenvalue weighted by Gasteiger charge is 2.24. The van der Waals surface area contributed by atoms with Crippen LogP contribution in [0.4, 0.5) is 0 Å². The molecular formula is C15H16N2O4. The SMILES string of the molecule is CCOc1ccc(C=CC(=O)N2CC(=O)NC(=O)C2)cc1. The number of piperazine rings is 1. The van der Waals surface area contributed by atoms with Gasteiger partial charge in [0.1, 0.15) is 18.8 Å². The summed E-state index contributed by atoms with van der Waals surface area (Å²) in [7, 11) is 0. The van der Waals surface area contributed by atoms with E-state index >= 15 is 0 Å². The molecule has 110 valence electrons. The molecular weight excluding hydrogens is 272 g/mol. The molecule has 0 radical (unpaired) electrons. The molecule has 0 saturated carbocycles. The Hall–Kier alpha value is -2.63. The van der Waals surface area contributed by atoms with Crippen LogP contribution in [0.2, 0.25) is 0 Å². The third-order valence-corrected chi connectivity index (χ3v) is 2.87. The van der Waals surface area contributed by atoms with Crippen molar-refractivity contribution in [3.8, 4) is 5.75 Å². The van der Waals surface area contributed by atoms with Gasteiger partial charge in [0.2, 0.25) is 17.7 Å². The average molecular weight is 288 g/mol. The number of carbonyl (C=O) groups excluding carboxylic acids is 3. The number of hydrogen-bond donors (Lipinski definition) is 1. The molecule has 1 aromatic carbocycles. The van der Waals surface area contributed by atoms with Crippen molar-refractivity contribution >= 4 is 23.8 Å². The number of nitrogens with zero attached hydrogens (tertiary/aromatic N) is 1. The Balaban J connectivity index is 1.98. The zero-order chi connectivity index (χ0) is 15.2. The van der Waals surface area contributed by atoms with Gasteiger partial charge in [-0.2, -0.15) is 0 Å². The van der Waals surface area contributed by atoms with E-state index in [0.717, 1.165) is 11.3 Å². The fourth-order valence-electron chi connectivity index (χ4n) is 1.91. The van der Waals surface area contributed by atoms with Gasteiger partial charge in [-0.1, -0.05) is 12.1 Å². The highest BCUT2D eigenvalue weighted by Crippen LogP contribution is 2.13. The van der Waals surface area contributed by atoms with Gasteiger partial charge in [0.25, 0.3) is 0 Å². The Morgan fingerprint density at radius 3 is 2.43 bits per heavy atom. The van der Waals surface area contributed by atoms with Crippen molar-refractivity contribution in [2.75, 3.05) is 19.7 Å². The van der Waals surface area contributed by atoms with E-state index in [1.807, 2.05) is 31.2 Å². The van der Waals surface area contributed by atoms with Gasteiger partial charge in [-0.05, 0) is 30.7 Å². The van der Waals surface area contributed by atoms with Crippen molar-refractivity contribution in [2.45, 2.75) is 6.92 Å². The molecule has 0 atom stereocenters. The van der Waals surface area contributed by atoms with Gasteiger partial charge in [0.15, 0.2) is 0 Å². The molecule has 3 amide bonds. The Morgan fingerprint density at radius 1 is 1.24 bits per heavy atom. The van der Waals surface area contributed by atoms with Gasteiger partial charge >= 0.3 is 0 Å². The monoisotopic (exact) mass is 288 g/mol. The summed E-state index contributed by atoms with van der Waals surface area (Å²) in [6.07, 6.45) is 2.98. The van der Waals surface area contributed by atoms with Crippen molar-refractivity contribution in [1.82, 2.24) is 10.2 Å². The second-order valence-corrected chi connectivity index (χ2v) is 4.50. The lowest BCUT2D eigenvalue weighted by atomic mass is 10.2. The second kappa shape index (κ2) is 6.69. The highest BCUT2D eigenvalue weighted by molar-refractivity contribution is 6.04. The minimum atomic E-state index is -0.464. The van der Waals surface area contributed by atoms with Gasteiger partial charge < -0.3 is 9.64 Å². The van der Waals surface area contributed by atoms with E-state index in [2.05, 4.69) is 5.32 Å². The molecule has 1 N–H and O–H groups in total. The van der Waals surface area contributed by atoms with Crippen molar-refractivity contribution < 1.29 is 19.1 Å². The summed E-state index contributed by atoms with van der Waals surface area (Å²) in [5.74, 6) is -0.533. The molecule has 2 rings (SSSR count). The van der Waals surface area contributed by atoms with Crippen LogP contribution in [-0.4, -0.2) is 42.3 Å². The van der Waals surface area contributed by atoms with Gasteiger partial charge in [0.05, 0.1) is 6.61 Å². The summed E-state index contributed by atoms with van der Waals surface area (Å²) in [4.78, 5) is 35.5. The predicted molar refractivity (Wildman–Crippen MR) is 76.4 cm³/mol. The molecule has 1 aliphatic heterocycles. The molecule has 1 aromatic rings. The van der Waals surface area contributed by atoms with Crippen LogP contribution in [0.15, 0.2) is 30.3 Å². The third-order valence-electron chi connectivity index (χ3n) is 2.87.